The summed E-state index contributed by atoms with van der Waals surface area (Å²) in [6, 6.07) is 14.1. The number of aromatic nitrogens is 5. The normalized spacial score (nSPS) is 13.4. The van der Waals surface area contributed by atoms with Crippen molar-refractivity contribution in [1.82, 2.24) is 29.5 Å². The Balaban J connectivity index is 0.000000401. The number of benzene rings is 2. The Morgan fingerprint density at radius 1 is 0.873 bits per heavy atom. The molecule has 0 amide bonds. The number of likely N-dealkylation sites (N-methyl/N-ethyl adjacent to an activating group) is 1. The van der Waals surface area contributed by atoms with Crippen molar-refractivity contribution in [1.29, 1.82) is 0 Å². The van der Waals surface area contributed by atoms with Gasteiger partial charge in [0.1, 0.15) is 35.7 Å². The Morgan fingerprint density at radius 2 is 1.62 bits per heavy atom. The third kappa shape index (κ3) is 13.8. The minimum Gasteiger partial charge on any atom is -0.492 e. The summed E-state index contributed by atoms with van der Waals surface area (Å²) in [6.45, 7) is 22.0. The highest BCUT2D eigenvalue weighted by Crippen LogP contribution is 2.36. The summed E-state index contributed by atoms with van der Waals surface area (Å²) in [5, 5.41) is 8.51. The molecule has 0 aliphatic heterocycles. The molecule has 0 spiro atoms. The molecule has 0 aliphatic carbocycles. The molecule has 0 fully saturated rings. The molecule has 4 unspecified atom stereocenters. The molecular weight excluding hydrogens is 687 g/mol. The van der Waals surface area contributed by atoms with Gasteiger partial charge >= 0.3 is 0 Å². The summed E-state index contributed by atoms with van der Waals surface area (Å²) in [6.07, 6.45) is 14.5. The number of aryl methyl sites for hydroxylation is 2. The van der Waals surface area contributed by atoms with Crippen LogP contribution in [0.2, 0.25) is 0 Å². The molecule has 0 radical (unpaired) electrons. The molecule has 2 aromatic carbocycles. The van der Waals surface area contributed by atoms with E-state index in [-0.39, 0.29) is 11.7 Å². The number of allylic oxidation sites excluding steroid dienone is 1. The topological polar surface area (TPSA) is 107 Å². The van der Waals surface area contributed by atoms with Gasteiger partial charge in [-0.3, -0.25) is 4.79 Å². The maximum atomic E-state index is 11.4. The fourth-order valence-corrected chi connectivity index (χ4v) is 5.39. The summed E-state index contributed by atoms with van der Waals surface area (Å²) in [5.41, 5.74) is 4.53. The number of nitrogens with one attached hydrogen (secondary N) is 1. The summed E-state index contributed by atoms with van der Waals surface area (Å²) < 4.78 is 14.2. The number of rotatable bonds is 16. The van der Waals surface area contributed by atoms with Crippen LogP contribution >= 0.6 is 0 Å². The van der Waals surface area contributed by atoms with Crippen LogP contribution in [-0.2, 0) is 4.79 Å². The second-order valence-corrected chi connectivity index (χ2v) is 14.9. The third-order valence-corrected chi connectivity index (χ3v) is 9.84. The van der Waals surface area contributed by atoms with Crippen LogP contribution in [0.25, 0.3) is 16.6 Å². The van der Waals surface area contributed by atoms with Crippen LogP contribution in [0, 0.1) is 31.6 Å². The van der Waals surface area contributed by atoms with Crippen LogP contribution in [0.5, 0.6) is 17.2 Å². The molecule has 3 heterocycles. The van der Waals surface area contributed by atoms with Gasteiger partial charge in [-0.1, -0.05) is 79.9 Å². The first-order valence-electron chi connectivity index (χ1n) is 19.9. The van der Waals surface area contributed by atoms with Gasteiger partial charge in [0.05, 0.1) is 17.5 Å². The van der Waals surface area contributed by atoms with E-state index in [0.29, 0.717) is 36.1 Å². The van der Waals surface area contributed by atoms with Gasteiger partial charge in [-0.05, 0) is 107 Å². The van der Waals surface area contributed by atoms with Gasteiger partial charge in [0, 0.05) is 29.9 Å². The Kier molecular flexibility index (Phi) is 18.3. The number of hydrogen-bond acceptors (Lipinski definition) is 9. The molecule has 0 bridgehead atoms. The fourth-order valence-electron chi connectivity index (χ4n) is 5.39. The van der Waals surface area contributed by atoms with E-state index in [9.17, 15) is 4.79 Å². The van der Waals surface area contributed by atoms with E-state index in [4.69, 9.17) is 9.47 Å². The van der Waals surface area contributed by atoms with Crippen molar-refractivity contribution in [2.24, 2.45) is 17.8 Å². The zero-order valence-electron chi connectivity index (χ0n) is 35.4. The molecule has 0 aliphatic rings. The molecule has 10 nitrogen and oxygen atoms in total. The molecule has 10 heteroatoms. The molecule has 5 aromatic rings. The molecule has 1 N–H and O–H groups in total. The van der Waals surface area contributed by atoms with Crippen molar-refractivity contribution in [2.45, 2.75) is 107 Å². The van der Waals surface area contributed by atoms with Gasteiger partial charge in [-0.2, -0.15) is 5.10 Å². The second kappa shape index (κ2) is 22.5. The van der Waals surface area contributed by atoms with Crippen molar-refractivity contribution in [3.63, 3.8) is 0 Å². The lowest BCUT2D eigenvalue weighted by Gasteiger charge is -2.19. The molecule has 4 atom stereocenters. The smallest absolute Gasteiger partial charge is 0.158 e. The van der Waals surface area contributed by atoms with Crippen LogP contribution in [0.4, 0.5) is 11.5 Å². The highest BCUT2D eigenvalue weighted by Gasteiger charge is 2.16. The van der Waals surface area contributed by atoms with E-state index in [1.165, 1.54) is 25.6 Å². The molecular formula is C45H65N7O3. The molecule has 0 saturated heterocycles. The third-order valence-electron chi connectivity index (χ3n) is 9.84. The number of nitrogens with zero attached hydrogens (tertiary/aromatic N) is 6. The summed E-state index contributed by atoms with van der Waals surface area (Å²) in [4.78, 5) is 26.8. The molecule has 5 rings (SSSR count). The zero-order chi connectivity index (χ0) is 40.5. The SMILES string of the molecule is CCC(C)C(=O)/C=C/C(C)N(C)C.CCC(C)CC(C)COc1c(C)ccc2ncnc(Nc3ccc(Oc4ccn5ncnc5c4)c(C)c3)c12.CCCC. The maximum Gasteiger partial charge on any atom is 0.158 e. The van der Waals surface area contributed by atoms with E-state index in [2.05, 4.69) is 84.8 Å². The van der Waals surface area contributed by atoms with Gasteiger partial charge in [-0.25, -0.2) is 19.5 Å². The number of pyridine rings is 1. The van der Waals surface area contributed by atoms with E-state index in [1.807, 2.05) is 83.5 Å². The van der Waals surface area contributed by atoms with Crippen molar-refractivity contribution in [3.05, 3.63) is 84.6 Å². The van der Waals surface area contributed by atoms with Crippen molar-refractivity contribution < 1.29 is 14.3 Å². The Morgan fingerprint density at radius 3 is 2.27 bits per heavy atom. The average Bonchev–Trinajstić information content (AvgIpc) is 3.65. The number of carbonyl (C=O) groups is 1. The largest absolute Gasteiger partial charge is 0.492 e. The molecule has 0 saturated carbocycles. The van der Waals surface area contributed by atoms with Crippen LogP contribution in [0.15, 0.2) is 73.5 Å². The number of ketones is 1. The minimum atomic E-state index is 0.158. The first kappa shape index (κ1) is 44.6. The van der Waals surface area contributed by atoms with Gasteiger partial charge in [-0.15, -0.1) is 0 Å². The second-order valence-electron chi connectivity index (χ2n) is 14.9. The first-order valence-corrected chi connectivity index (χ1v) is 19.9. The lowest BCUT2D eigenvalue weighted by Crippen LogP contribution is -2.22. The average molecular weight is 752 g/mol. The van der Waals surface area contributed by atoms with Crippen molar-refractivity contribution >= 4 is 33.8 Å². The molecule has 298 valence electrons. The number of hydrogen-bond donors (Lipinski definition) is 1. The van der Waals surface area contributed by atoms with E-state index >= 15 is 0 Å². The predicted octanol–water partition coefficient (Wildman–Crippen LogP) is 11.2. The quantitative estimate of drug-likeness (QED) is 0.0986. The number of ether oxygens (including phenoxy) is 2. The summed E-state index contributed by atoms with van der Waals surface area (Å²) in [5.74, 6) is 4.56. The summed E-state index contributed by atoms with van der Waals surface area (Å²) in [7, 11) is 4.01. The highest BCUT2D eigenvalue weighted by molar-refractivity contribution is 5.96. The van der Waals surface area contributed by atoms with Gasteiger partial charge in [0.15, 0.2) is 11.4 Å². The van der Waals surface area contributed by atoms with Gasteiger partial charge < -0.3 is 19.7 Å². The number of fused-ring (bicyclic) bond motifs is 2. The monoisotopic (exact) mass is 752 g/mol. The van der Waals surface area contributed by atoms with Gasteiger partial charge in [0.25, 0.3) is 0 Å². The fraction of sp³-hybridized carbons (Fsp3) is 0.489. The Labute approximate surface area is 329 Å². The molecule has 55 heavy (non-hydrogen) atoms. The standard InChI is InChI=1S/C30H34N6O2.C11H21NO.C4H10/c1-6-19(2)13-20(3)16-37-29-21(4)7-9-25-28(29)30(33-17-31-25)35-23-8-10-26(22(5)14-23)38-24-11-12-36-27(15-24)32-18-34-36;1-6-9(2)11(13)8-7-10(3)12(4)5;1-3-4-2/h7-12,14-15,17-20H,6,13,16H2,1-5H3,(H,31,33,35);7-10H,6H2,1-5H3;3-4H2,1-2H3/b;8-7+;. The van der Waals surface area contributed by atoms with E-state index < -0.39 is 0 Å². The lowest BCUT2D eigenvalue weighted by molar-refractivity contribution is -0.117. The predicted molar refractivity (Wildman–Crippen MR) is 228 cm³/mol. The summed E-state index contributed by atoms with van der Waals surface area (Å²) >= 11 is 0. The Hall–Kier alpha value is -4.83. The van der Waals surface area contributed by atoms with E-state index in [1.54, 1.807) is 16.9 Å². The minimum absolute atomic E-state index is 0.158. The maximum absolute atomic E-state index is 11.4. The first-order chi connectivity index (χ1) is 26.3. The van der Waals surface area contributed by atoms with Crippen LogP contribution in [0.1, 0.15) is 98.6 Å². The number of anilines is 2. The zero-order valence-corrected chi connectivity index (χ0v) is 35.4. The number of carbonyl (C=O) groups excluding carboxylic acids is 1. The van der Waals surface area contributed by atoms with Crippen LogP contribution in [0.3, 0.4) is 0 Å². The number of unbranched alkanes of at least 4 members (excludes halogenated alkanes) is 1. The Bertz CT molecular complexity index is 1950. The molecule has 3 aromatic heterocycles. The van der Waals surface area contributed by atoms with E-state index in [0.717, 1.165) is 57.7 Å². The van der Waals surface area contributed by atoms with Crippen LogP contribution < -0.4 is 14.8 Å². The van der Waals surface area contributed by atoms with Crippen LogP contribution in [-0.4, -0.2) is 62.0 Å². The highest BCUT2D eigenvalue weighted by atomic mass is 16.5. The van der Waals surface area contributed by atoms with Crippen molar-refractivity contribution in [2.75, 3.05) is 26.0 Å². The van der Waals surface area contributed by atoms with Gasteiger partial charge in [0.2, 0.25) is 0 Å². The van der Waals surface area contributed by atoms with Crippen molar-refractivity contribution in [3.8, 4) is 17.2 Å². The lowest BCUT2D eigenvalue weighted by atomic mass is 9.96.